The molecule has 5 nitrogen and oxygen atoms in total. The molecule has 0 aliphatic carbocycles. The third kappa shape index (κ3) is 1.48. The molecule has 1 heterocycles. The van der Waals surface area contributed by atoms with E-state index >= 15 is 0 Å². The lowest BCUT2D eigenvalue weighted by atomic mass is 10.2. The van der Waals surface area contributed by atoms with Crippen molar-refractivity contribution in [2.45, 2.75) is 0 Å². The molecule has 0 bridgehead atoms. The molecule has 2 aromatic rings. The average Bonchev–Trinajstić information content (AvgIpc) is 2.59. The Kier molecular flexibility index (Phi) is 2.03. The van der Waals surface area contributed by atoms with Crippen molar-refractivity contribution in [1.82, 2.24) is 14.8 Å². The fraction of sp³-hybridized carbons (Fsp3) is 0. The molecule has 0 spiro atoms. The summed E-state index contributed by atoms with van der Waals surface area (Å²) in [5.74, 6) is 2.43. The van der Waals surface area contributed by atoms with Gasteiger partial charge in [-0.2, -0.15) is 0 Å². The molecular formula is C10H7N3O2. The summed E-state index contributed by atoms with van der Waals surface area (Å²) in [6, 6.07) is 6.62. The van der Waals surface area contributed by atoms with Gasteiger partial charge in [-0.1, -0.05) is 12.0 Å². The minimum Gasteiger partial charge on any atom is -0.247 e. The lowest BCUT2D eigenvalue weighted by molar-refractivity contribution is 0.951. The number of nitrogens with one attached hydrogen (secondary N) is 2. The second-order valence-electron chi connectivity index (χ2n) is 2.89. The van der Waals surface area contributed by atoms with E-state index in [1.165, 1.54) is 0 Å². The van der Waals surface area contributed by atoms with Gasteiger partial charge in [0.15, 0.2) is 0 Å². The number of hydrogen-bond donors (Lipinski definition) is 2. The molecule has 2 N–H and O–H groups in total. The third-order valence-corrected chi connectivity index (χ3v) is 1.95. The Morgan fingerprint density at radius 3 is 2.47 bits per heavy atom. The molecule has 0 amide bonds. The number of H-pyrrole nitrogens is 2. The van der Waals surface area contributed by atoms with Gasteiger partial charge >= 0.3 is 11.4 Å². The highest BCUT2D eigenvalue weighted by Crippen LogP contribution is 2.05. The van der Waals surface area contributed by atoms with Gasteiger partial charge in [0.1, 0.15) is 0 Å². The summed E-state index contributed by atoms with van der Waals surface area (Å²) in [4.78, 5) is 22.5. The Bertz CT molecular complexity index is 612. The number of aromatic amines is 2. The summed E-state index contributed by atoms with van der Waals surface area (Å²) in [5, 5.41) is 4.38. The topological polar surface area (TPSA) is 70.7 Å². The Hall–Kier alpha value is -2.48. The second-order valence-corrected chi connectivity index (χ2v) is 2.89. The smallest absolute Gasteiger partial charge is 0.247 e. The van der Waals surface area contributed by atoms with Gasteiger partial charge in [-0.3, -0.25) is 0 Å². The molecule has 0 saturated heterocycles. The molecule has 1 aromatic heterocycles. The molecule has 5 heteroatoms. The van der Waals surface area contributed by atoms with Gasteiger partial charge in [-0.25, -0.2) is 24.4 Å². The zero-order valence-corrected chi connectivity index (χ0v) is 7.65. The summed E-state index contributed by atoms with van der Waals surface area (Å²) in [6.45, 7) is 0. The van der Waals surface area contributed by atoms with Crippen molar-refractivity contribution in [1.29, 1.82) is 0 Å². The number of nitrogens with zero attached hydrogens (tertiary/aromatic N) is 1. The number of aromatic nitrogens is 3. The van der Waals surface area contributed by atoms with Crippen LogP contribution in [-0.4, -0.2) is 14.8 Å². The molecule has 0 aliphatic rings. The molecule has 0 aliphatic heterocycles. The maximum Gasteiger partial charge on any atom is 0.348 e. The third-order valence-electron chi connectivity index (χ3n) is 1.95. The van der Waals surface area contributed by atoms with E-state index in [2.05, 4.69) is 16.1 Å². The number of benzene rings is 1. The van der Waals surface area contributed by atoms with Crippen molar-refractivity contribution in [2.24, 2.45) is 0 Å². The van der Waals surface area contributed by atoms with Crippen LogP contribution in [0.4, 0.5) is 0 Å². The standard InChI is InChI=1S/C10H7N3O2/c1-2-7-4-3-5-8(6-7)13-9(14)11-12-10(13)15/h1,3-6H,(H,11,14)(H,12,15). The van der Waals surface area contributed by atoms with Crippen LogP contribution in [0.5, 0.6) is 0 Å². The molecule has 0 atom stereocenters. The monoisotopic (exact) mass is 201 g/mol. The fourth-order valence-corrected chi connectivity index (χ4v) is 1.28. The molecule has 15 heavy (non-hydrogen) atoms. The van der Waals surface area contributed by atoms with Crippen LogP contribution in [0.2, 0.25) is 0 Å². The second kappa shape index (κ2) is 3.35. The van der Waals surface area contributed by atoms with Crippen LogP contribution in [0.1, 0.15) is 5.56 Å². The Morgan fingerprint density at radius 1 is 1.20 bits per heavy atom. The first kappa shape index (κ1) is 9.09. The van der Waals surface area contributed by atoms with E-state index in [1.54, 1.807) is 24.3 Å². The first-order valence-electron chi connectivity index (χ1n) is 4.19. The molecule has 74 valence electrons. The summed E-state index contributed by atoms with van der Waals surface area (Å²) < 4.78 is 0.973. The van der Waals surface area contributed by atoms with E-state index in [-0.39, 0.29) is 0 Å². The van der Waals surface area contributed by atoms with E-state index in [9.17, 15) is 9.59 Å². The molecule has 0 fully saturated rings. The van der Waals surface area contributed by atoms with Gasteiger partial charge in [-0.05, 0) is 18.2 Å². The van der Waals surface area contributed by atoms with E-state index in [4.69, 9.17) is 6.42 Å². The van der Waals surface area contributed by atoms with Crippen LogP contribution in [0.25, 0.3) is 5.69 Å². The first-order chi connectivity index (χ1) is 7.22. The normalized spacial score (nSPS) is 9.80. The molecule has 1 aromatic carbocycles. The minimum absolute atomic E-state index is 0.443. The van der Waals surface area contributed by atoms with Crippen LogP contribution in [0, 0.1) is 12.3 Å². The van der Waals surface area contributed by atoms with Gasteiger partial charge in [0, 0.05) is 5.56 Å². The SMILES string of the molecule is C#Cc1cccc(-n2c(=O)[nH][nH]c2=O)c1. The molecule has 2 rings (SSSR count). The molecular weight excluding hydrogens is 194 g/mol. The number of terminal acetylenes is 1. The van der Waals surface area contributed by atoms with E-state index in [1.807, 2.05) is 0 Å². The summed E-state index contributed by atoms with van der Waals surface area (Å²) in [5.41, 5.74) is 0.0151. The summed E-state index contributed by atoms with van der Waals surface area (Å²) in [7, 11) is 0. The minimum atomic E-state index is -0.519. The summed E-state index contributed by atoms with van der Waals surface area (Å²) in [6.07, 6.45) is 5.22. The van der Waals surface area contributed by atoms with Crippen molar-refractivity contribution in [3.05, 3.63) is 50.8 Å². The number of rotatable bonds is 1. The lowest BCUT2D eigenvalue weighted by Crippen LogP contribution is -2.24. The highest BCUT2D eigenvalue weighted by atomic mass is 16.2. The largest absolute Gasteiger partial charge is 0.348 e. The van der Waals surface area contributed by atoms with Gasteiger partial charge in [-0.15, -0.1) is 6.42 Å². The average molecular weight is 201 g/mol. The van der Waals surface area contributed by atoms with E-state index in [0.29, 0.717) is 11.3 Å². The van der Waals surface area contributed by atoms with Crippen LogP contribution in [-0.2, 0) is 0 Å². The van der Waals surface area contributed by atoms with Crippen LogP contribution >= 0.6 is 0 Å². The Labute approximate surface area is 84.4 Å². The Morgan fingerprint density at radius 2 is 1.87 bits per heavy atom. The molecule has 0 unspecified atom stereocenters. The quantitative estimate of drug-likeness (QED) is 0.629. The summed E-state index contributed by atoms with van der Waals surface area (Å²) >= 11 is 0. The molecule has 0 radical (unpaired) electrons. The predicted molar refractivity (Wildman–Crippen MR) is 54.9 cm³/mol. The van der Waals surface area contributed by atoms with E-state index in [0.717, 1.165) is 4.57 Å². The number of hydrogen-bond acceptors (Lipinski definition) is 2. The van der Waals surface area contributed by atoms with Gasteiger partial charge in [0.05, 0.1) is 5.69 Å². The highest BCUT2D eigenvalue weighted by molar-refractivity contribution is 5.42. The van der Waals surface area contributed by atoms with E-state index < -0.39 is 11.4 Å². The highest BCUT2D eigenvalue weighted by Gasteiger charge is 2.05. The van der Waals surface area contributed by atoms with Crippen LogP contribution in [0.15, 0.2) is 33.9 Å². The lowest BCUT2D eigenvalue weighted by Gasteiger charge is -1.98. The van der Waals surface area contributed by atoms with Gasteiger partial charge < -0.3 is 0 Å². The predicted octanol–water partition coefficient (Wildman–Crippen LogP) is -0.165. The molecule has 0 saturated carbocycles. The van der Waals surface area contributed by atoms with Crippen LogP contribution in [0.3, 0.4) is 0 Å². The maximum atomic E-state index is 11.3. The van der Waals surface area contributed by atoms with Crippen LogP contribution < -0.4 is 11.4 Å². The van der Waals surface area contributed by atoms with Gasteiger partial charge in [0.2, 0.25) is 0 Å². The zero-order valence-electron chi connectivity index (χ0n) is 7.65. The maximum absolute atomic E-state index is 11.3. The van der Waals surface area contributed by atoms with Crippen molar-refractivity contribution in [3.63, 3.8) is 0 Å². The zero-order chi connectivity index (χ0) is 10.8. The van der Waals surface area contributed by atoms with Crippen molar-refractivity contribution < 1.29 is 0 Å². The first-order valence-corrected chi connectivity index (χ1v) is 4.19. The van der Waals surface area contributed by atoms with Crippen molar-refractivity contribution in [3.8, 4) is 18.0 Å². The fourth-order valence-electron chi connectivity index (χ4n) is 1.28. The van der Waals surface area contributed by atoms with Gasteiger partial charge in [0.25, 0.3) is 0 Å². The Balaban J connectivity index is 2.71. The van der Waals surface area contributed by atoms with Crippen molar-refractivity contribution >= 4 is 0 Å². The van der Waals surface area contributed by atoms with Crippen molar-refractivity contribution in [2.75, 3.05) is 0 Å².